The highest BCUT2D eigenvalue weighted by Crippen LogP contribution is 2.28. The Kier molecular flexibility index (Phi) is 5.06. The first-order chi connectivity index (χ1) is 9.83. The Balaban J connectivity index is 2.23. The highest BCUT2D eigenvalue weighted by atomic mass is 35.5. The maximum atomic E-state index is 13.6. The van der Waals surface area contributed by atoms with Crippen LogP contribution in [-0.4, -0.2) is 24.2 Å². The summed E-state index contributed by atoms with van der Waals surface area (Å²) in [5, 5.41) is 0.119. The van der Waals surface area contributed by atoms with Crippen LogP contribution in [-0.2, 0) is 17.9 Å². The monoisotopic (exact) mass is 328 g/mol. The lowest BCUT2D eigenvalue weighted by Crippen LogP contribution is -2.22. The van der Waals surface area contributed by atoms with Crippen molar-refractivity contribution in [1.29, 1.82) is 0 Å². The largest absolute Gasteiger partial charge is 0.361 e. The molecular weight excluding hydrogens is 307 g/mol. The third-order valence-electron chi connectivity index (χ3n) is 3.48. The van der Waals surface area contributed by atoms with E-state index in [4.69, 9.17) is 16.3 Å². The molecule has 0 aromatic carbocycles. The quantitative estimate of drug-likeness (QED) is 0.567. The summed E-state index contributed by atoms with van der Waals surface area (Å²) in [6.45, 7) is 10.1. The second-order valence-corrected chi connectivity index (χ2v) is 12.4. The van der Waals surface area contributed by atoms with Gasteiger partial charge in [-0.1, -0.05) is 38.2 Å². The van der Waals surface area contributed by atoms with Crippen LogP contribution in [0.15, 0.2) is 12.3 Å². The van der Waals surface area contributed by atoms with E-state index in [-0.39, 0.29) is 5.02 Å². The van der Waals surface area contributed by atoms with Crippen molar-refractivity contribution in [1.82, 2.24) is 9.55 Å². The van der Waals surface area contributed by atoms with Crippen molar-refractivity contribution in [3.63, 3.8) is 0 Å². The third-order valence-corrected chi connectivity index (χ3v) is 5.54. The third kappa shape index (κ3) is 3.84. The van der Waals surface area contributed by atoms with Crippen LogP contribution in [0.5, 0.6) is 0 Å². The van der Waals surface area contributed by atoms with Gasteiger partial charge in [0.25, 0.3) is 0 Å². The molecule has 0 fully saturated rings. The molecule has 0 saturated carbocycles. The predicted molar refractivity (Wildman–Crippen MR) is 88.2 cm³/mol. The molecule has 0 aliphatic carbocycles. The maximum absolute atomic E-state index is 13.6. The molecule has 0 aliphatic heterocycles. The number of rotatable bonds is 6. The molecule has 6 heteroatoms. The zero-order valence-corrected chi connectivity index (χ0v) is 14.8. The van der Waals surface area contributed by atoms with Crippen molar-refractivity contribution in [3.8, 4) is 0 Å². The van der Waals surface area contributed by atoms with E-state index < -0.39 is 13.9 Å². The Morgan fingerprint density at radius 1 is 1.38 bits per heavy atom. The average Bonchev–Trinajstić information content (AvgIpc) is 2.76. The minimum Gasteiger partial charge on any atom is -0.361 e. The van der Waals surface area contributed by atoms with Crippen LogP contribution < -0.4 is 0 Å². The van der Waals surface area contributed by atoms with Crippen molar-refractivity contribution in [3.05, 3.63) is 28.8 Å². The Labute approximate surface area is 131 Å². The molecule has 116 valence electrons. The normalized spacial score (nSPS) is 12.3. The molecule has 2 rings (SSSR count). The standard InChI is InChI=1S/C15H22ClFN2OSi/c1-5-11-8-13-15(14(16)12(17)9-18-13)19(11)10-20-6-7-21(2,3)4/h8-9H,5-7,10H2,1-4H3. The zero-order chi connectivity index (χ0) is 15.6. The topological polar surface area (TPSA) is 27.1 Å². The highest BCUT2D eigenvalue weighted by molar-refractivity contribution is 6.76. The summed E-state index contributed by atoms with van der Waals surface area (Å²) in [4.78, 5) is 4.11. The number of hydrogen-bond donors (Lipinski definition) is 0. The van der Waals surface area contributed by atoms with Gasteiger partial charge in [0.15, 0.2) is 5.82 Å². The minimum atomic E-state index is -1.11. The fourth-order valence-corrected chi connectivity index (χ4v) is 3.19. The van der Waals surface area contributed by atoms with Gasteiger partial charge in [-0.2, -0.15) is 0 Å². The summed E-state index contributed by atoms with van der Waals surface area (Å²) in [5.41, 5.74) is 2.39. The molecular formula is C15H22ClFN2OSi. The molecule has 2 heterocycles. The molecule has 2 aromatic rings. The van der Waals surface area contributed by atoms with E-state index in [0.29, 0.717) is 17.8 Å². The number of aromatic nitrogens is 2. The van der Waals surface area contributed by atoms with Crippen LogP contribution in [0.4, 0.5) is 4.39 Å². The smallest absolute Gasteiger partial charge is 0.162 e. The average molecular weight is 329 g/mol. The van der Waals surface area contributed by atoms with Crippen LogP contribution >= 0.6 is 11.6 Å². The van der Waals surface area contributed by atoms with Gasteiger partial charge in [0.1, 0.15) is 11.8 Å². The van der Waals surface area contributed by atoms with E-state index in [2.05, 4.69) is 31.5 Å². The number of hydrogen-bond acceptors (Lipinski definition) is 2. The number of ether oxygens (including phenoxy) is 1. The summed E-state index contributed by atoms with van der Waals surface area (Å²) in [6, 6.07) is 3.05. The second-order valence-electron chi connectivity index (χ2n) is 6.42. The summed E-state index contributed by atoms with van der Waals surface area (Å²) in [5.74, 6) is -0.492. The molecule has 0 aliphatic rings. The van der Waals surface area contributed by atoms with Gasteiger partial charge < -0.3 is 9.30 Å². The zero-order valence-electron chi connectivity index (χ0n) is 13.0. The Hall–Kier alpha value is -0.913. The number of nitrogens with zero attached hydrogens (tertiary/aromatic N) is 2. The van der Waals surface area contributed by atoms with Crippen LogP contribution in [0.25, 0.3) is 11.0 Å². The van der Waals surface area contributed by atoms with E-state index in [1.807, 2.05) is 10.6 Å². The molecule has 21 heavy (non-hydrogen) atoms. The van der Waals surface area contributed by atoms with Gasteiger partial charge in [0, 0.05) is 20.4 Å². The van der Waals surface area contributed by atoms with Gasteiger partial charge in [0.05, 0.1) is 17.2 Å². The van der Waals surface area contributed by atoms with Gasteiger partial charge in [-0.05, 0) is 18.5 Å². The molecule has 3 nitrogen and oxygen atoms in total. The summed E-state index contributed by atoms with van der Waals surface area (Å²) < 4.78 is 21.4. The van der Waals surface area contributed by atoms with Crippen molar-refractivity contribution in [2.45, 2.75) is 45.8 Å². The van der Waals surface area contributed by atoms with E-state index in [0.717, 1.165) is 24.8 Å². The first-order valence-corrected chi connectivity index (χ1v) is 11.3. The van der Waals surface area contributed by atoms with Crippen molar-refractivity contribution in [2.75, 3.05) is 6.61 Å². The van der Waals surface area contributed by atoms with Crippen LogP contribution in [0.2, 0.25) is 30.7 Å². The lowest BCUT2D eigenvalue weighted by molar-refractivity contribution is 0.0885. The molecule has 0 saturated heterocycles. The first-order valence-electron chi connectivity index (χ1n) is 7.23. The SMILES string of the molecule is CCc1cc2ncc(F)c(Cl)c2n1COCC[Si](C)(C)C. The van der Waals surface area contributed by atoms with Crippen molar-refractivity contribution >= 4 is 30.7 Å². The van der Waals surface area contributed by atoms with Crippen molar-refractivity contribution in [2.24, 2.45) is 0 Å². The van der Waals surface area contributed by atoms with E-state index >= 15 is 0 Å². The molecule has 2 aromatic heterocycles. The minimum absolute atomic E-state index is 0.119. The summed E-state index contributed by atoms with van der Waals surface area (Å²) >= 11 is 6.10. The van der Waals surface area contributed by atoms with E-state index in [9.17, 15) is 4.39 Å². The van der Waals surface area contributed by atoms with Crippen molar-refractivity contribution < 1.29 is 9.13 Å². The number of halogens is 2. The van der Waals surface area contributed by atoms with E-state index in [1.54, 1.807) is 0 Å². The molecule has 0 atom stereocenters. The van der Waals surface area contributed by atoms with Gasteiger partial charge in [0.2, 0.25) is 0 Å². The lowest BCUT2D eigenvalue weighted by atomic mass is 10.3. The van der Waals surface area contributed by atoms with E-state index in [1.165, 1.54) is 6.20 Å². The van der Waals surface area contributed by atoms with Crippen LogP contribution in [0, 0.1) is 5.82 Å². The predicted octanol–water partition coefficient (Wildman–Crippen LogP) is 4.70. The molecule has 0 amide bonds. The van der Waals surface area contributed by atoms with Crippen LogP contribution in [0.1, 0.15) is 12.6 Å². The molecule has 0 spiro atoms. The van der Waals surface area contributed by atoms with Gasteiger partial charge in [-0.15, -0.1) is 0 Å². The number of fused-ring (bicyclic) bond motifs is 1. The Morgan fingerprint density at radius 3 is 2.71 bits per heavy atom. The fraction of sp³-hybridized carbons (Fsp3) is 0.533. The molecule has 0 radical (unpaired) electrons. The van der Waals surface area contributed by atoms with Crippen LogP contribution in [0.3, 0.4) is 0 Å². The number of pyridine rings is 1. The fourth-order valence-electron chi connectivity index (χ4n) is 2.19. The Bertz CT molecular complexity index is 637. The maximum Gasteiger partial charge on any atom is 0.162 e. The lowest BCUT2D eigenvalue weighted by Gasteiger charge is -2.16. The Morgan fingerprint density at radius 2 is 2.10 bits per heavy atom. The van der Waals surface area contributed by atoms with Gasteiger partial charge >= 0.3 is 0 Å². The highest BCUT2D eigenvalue weighted by Gasteiger charge is 2.16. The van der Waals surface area contributed by atoms with Gasteiger partial charge in [-0.25, -0.2) is 4.39 Å². The molecule has 0 bridgehead atoms. The van der Waals surface area contributed by atoms with Gasteiger partial charge in [-0.3, -0.25) is 4.98 Å². The second kappa shape index (κ2) is 6.46. The number of aryl methyl sites for hydroxylation is 1. The summed E-state index contributed by atoms with van der Waals surface area (Å²) in [6.07, 6.45) is 1.99. The summed E-state index contributed by atoms with van der Waals surface area (Å²) in [7, 11) is -1.11. The molecule has 0 N–H and O–H groups in total. The first kappa shape index (κ1) is 16.5. The molecule has 0 unspecified atom stereocenters.